The summed E-state index contributed by atoms with van der Waals surface area (Å²) >= 11 is 0. The van der Waals surface area contributed by atoms with Gasteiger partial charge in [-0.25, -0.2) is 13.1 Å². The maximum atomic E-state index is 12.1. The lowest BCUT2D eigenvalue weighted by atomic mass is 9.70. The smallest absolute Gasteiger partial charge is 0.212 e. The molecule has 3 N–H and O–H groups in total. The Hall–Kier alpha value is -0.660. The molecule has 2 aliphatic carbocycles. The Balaban J connectivity index is 2.30. The van der Waals surface area contributed by atoms with Crippen LogP contribution in [0, 0.1) is 16.7 Å². The van der Waals surface area contributed by atoms with Crippen LogP contribution in [-0.2, 0) is 10.0 Å². The number of rotatable bonds is 5. The van der Waals surface area contributed by atoms with Gasteiger partial charge in [0.25, 0.3) is 0 Å². The minimum absolute atomic E-state index is 0.0217. The molecular formula is C12H22N2O4S. The van der Waals surface area contributed by atoms with Gasteiger partial charge in [-0.2, -0.15) is 0 Å². The van der Waals surface area contributed by atoms with Crippen LogP contribution in [0.15, 0.2) is 5.16 Å². The van der Waals surface area contributed by atoms with Crippen molar-refractivity contribution in [3.05, 3.63) is 0 Å². The molecule has 2 unspecified atom stereocenters. The largest absolute Gasteiger partial charge is 0.411 e. The van der Waals surface area contributed by atoms with Crippen LogP contribution in [0.2, 0.25) is 0 Å². The number of oxime groups is 1. The molecule has 19 heavy (non-hydrogen) atoms. The Morgan fingerprint density at radius 1 is 1.47 bits per heavy atom. The van der Waals surface area contributed by atoms with Crippen molar-refractivity contribution >= 4 is 15.7 Å². The van der Waals surface area contributed by atoms with Gasteiger partial charge in [0.15, 0.2) is 0 Å². The maximum Gasteiger partial charge on any atom is 0.212 e. The second-order valence-electron chi connectivity index (χ2n) is 6.17. The summed E-state index contributed by atoms with van der Waals surface area (Å²) in [4.78, 5) is 0. The van der Waals surface area contributed by atoms with Crippen LogP contribution in [0.1, 0.15) is 33.1 Å². The first-order chi connectivity index (χ1) is 8.79. The van der Waals surface area contributed by atoms with Crippen LogP contribution in [0.4, 0.5) is 0 Å². The highest BCUT2D eigenvalue weighted by Gasteiger charge is 2.64. The minimum atomic E-state index is -3.49. The predicted octanol–water partition coefficient (Wildman–Crippen LogP) is 0.555. The van der Waals surface area contributed by atoms with Crippen LogP contribution >= 0.6 is 0 Å². The van der Waals surface area contributed by atoms with Crippen LogP contribution < -0.4 is 4.72 Å². The summed E-state index contributed by atoms with van der Waals surface area (Å²) in [6.07, 6.45) is 2.39. The van der Waals surface area contributed by atoms with E-state index in [0.717, 1.165) is 12.8 Å². The van der Waals surface area contributed by atoms with Crippen molar-refractivity contribution in [2.75, 3.05) is 18.9 Å². The molecule has 110 valence electrons. The van der Waals surface area contributed by atoms with Crippen LogP contribution in [0.3, 0.4) is 0 Å². The van der Waals surface area contributed by atoms with Crippen LogP contribution in [0.5, 0.6) is 0 Å². The third-order valence-corrected chi connectivity index (χ3v) is 6.67. The van der Waals surface area contributed by atoms with E-state index >= 15 is 0 Å². The first kappa shape index (κ1) is 14.7. The fourth-order valence-electron chi connectivity index (χ4n) is 3.85. The molecule has 2 bridgehead atoms. The number of aliphatic hydroxyl groups is 1. The molecule has 0 aromatic carbocycles. The van der Waals surface area contributed by atoms with Gasteiger partial charge in [-0.05, 0) is 30.6 Å². The van der Waals surface area contributed by atoms with Crippen molar-refractivity contribution in [3.63, 3.8) is 0 Å². The highest BCUT2D eigenvalue weighted by molar-refractivity contribution is 7.89. The molecule has 2 saturated carbocycles. The molecule has 2 atom stereocenters. The first-order valence-corrected chi connectivity index (χ1v) is 8.24. The molecule has 0 heterocycles. The lowest BCUT2D eigenvalue weighted by Gasteiger charge is -2.37. The predicted molar refractivity (Wildman–Crippen MR) is 71.7 cm³/mol. The molecule has 2 aliphatic rings. The summed E-state index contributed by atoms with van der Waals surface area (Å²) in [6, 6.07) is 0. The second kappa shape index (κ2) is 4.71. The van der Waals surface area contributed by atoms with Gasteiger partial charge in [-0.3, -0.25) is 0 Å². The lowest BCUT2D eigenvalue weighted by Crippen LogP contribution is -2.45. The molecule has 2 fully saturated rings. The molecule has 0 aliphatic heterocycles. The quantitative estimate of drug-likeness (QED) is 0.509. The van der Waals surface area contributed by atoms with E-state index in [2.05, 4.69) is 23.7 Å². The highest BCUT2D eigenvalue weighted by atomic mass is 32.2. The number of fused-ring (bicyclic) bond motifs is 2. The summed E-state index contributed by atoms with van der Waals surface area (Å²) in [5.74, 6) is 0.314. The van der Waals surface area contributed by atoms with E-state index in [1.165, 1.54) is 0 Å². The molecule has 0 aromatic rings. The van der Waals surface area contributed by atoms with Gasteiger partial charge < -0.3 is 10.3 Å². The number of nitrogens with zero attached hydrogens (tertiary/aromatic N) is 1. The van der Waals surface area contributed by atoms with Gasteiger partial charge in [-0.1, -0.05) is 19.0 Å². The van der Waals surface area contributed by atoms with E-state index in [4.69, 9.17) is 5.11 Å². The van der Waals surface area contributed by atoms with E-state index in [9.17, 15) is 13.6 Å². The van der Waals surface area contributed by atoms with Crippen LogP contribution in [0.25, 0.3) is 0 Å². The zero-order chi connectivity index (χ0) is 14.3. The average Bonchev–Trinajstić information content (AvgIpc) is 2.69. The zero-order valence-electron chi connectivity index (χ0n) is 11.4. The standard InChI is InChI=1S/C12H22N2O4S/c1-11(2)9-3-4-12(11,10(7-9)14-16)8-19(17,18)13-5-6-15/h9,13,15-16H,3-8H2,1-2H3/b14-10+. The number of nitrogens with one attached hydrogen (secondary N) is 1. The highest BCUT2D eigenvalue weighted by Crippen LogP contribution is 2.64. The van der Waals surface area contributed by atoms with E-state index in [0.29, 0.717) is 18.1 Å². The second-order valence-corrected chi connectivity index (χ2v) is 7.97. The molecule has 0 aromatic heterocycles. The van der Waals surface area contributed by atoms with E-state index in [1.807, 2.05) is 0 Å². The SMILES string of the molecule is CC1(C)C2CCC1(CS(=O)(=O)NCCO)/C(=N/O)C2. The summed E-state index contributed by atoms with van der Waals surface area (Å²) in [5, 5.41) is 21.3. The number of hydrogen-bond acceptors (Lipinski definition) is 5. The van der Waals surface area contributed by atoms with E-state index < -0.39 is 15.4 Å². The summed E-state index contributed by atoms with van der Waals surface area (Å²) in [6.45, 7) is 3.92. The Morgan fingerprint density at radius 3 is 2.68 bits per heavy atom. The minimum Gasteiger partial charge on any atom is -0.411 e. The van der Waals surface area contributed by atoms with Crippen molar-refractivity contribution in [1.29, 1.82) is 0 Å². The number of aliphatic hydroxyl groups excluding tert-OH is 1. The normalized spacial score (nSPS) is 35.1. The Kier molecular flexibility index (Phi) is 3.66. The fourth-order valence-corrected chi connectivity index (χ4v) is 5.69. The van der Waals surface area contributed by atoms with Gasteiger partial charge in [0, 0.05) is 12.0 Å². The van der Waals surface area contributed by atoms with Crippen molar-refractivity contribution in [3.8, 4) is 0 Å². The first-order valence-electron chi connectivity index (χ1n) is 6.59. The lowest BCUT2D eigenvalue weighted by molar-refractivity contribution is 0.192. The van der Waals surface area contributed by atoms with Crippen molar-refractivity contribution in [2.45, 2.75) is 33.1 Å². The zero-order valence-corrected chi connectivity index (χ0v) is 12.2. The third-order valence-electron chi connectivity index (χ3n) is 5.16. The van der Waals surface area contributed by atoms with Crippen molar-refractivity contribution in [2.24, 2.45) is 21.9 Å². The Morgan fingerprint density at radius 2 is 2.16 bits per heavy atom. The van der Waals surface area contributed by atoms with Gasteiger partial charge in [-0.15, -0.1) is 0 Å². The van der Waals surface area contributed by atoms with Gasteiger partial charge in [0.05, 0.1) is 18.1 Å². The topological polar surface area (TPSA) is 99.0 Å². The Labute approximate surface area is 113 Å². The maximum absolute atomic E-state index is 12.1. The molecule has 0 saturated heterocycles. The third kappa shape index (κ3) is 2.17. The number of sulfonamides is 1. The van der Waals surface area contributed by atoms with E-state index in [-0.39, 0.29) is 24.3 Å². The van der Waals surface area contributed by atoms with E-state index in [1.54, 1.807) is 0 Å². The molecule has 0 radical (unpaired) electrons. The van der Waals surface area contributed by atoms with Gasteiger partial charge in [0.2, 0.25) is 10.0 Å². The summed E-state index contributed by atoms with van der Waals surface area (Å²) in [7, 11) is -3.49. The number of hydrogen-bond donors (Lipinski definition) is 3. The molecule has 6 nitrogen and oxygen atoms in total. The monoisotopic (exact) mass is 290 g/mol. The molecule has 0 amide bonds. The summed E-state index contributed by atoms with van der Waals surface area (Å²) < 4.78 is 26.6. The van der Waals surface area contributed by atoms with Crippen molar-refractivity contribution < 1.29 is 18.7 Å². The summed E-state index contributed by atoms with van der Waals surface area (Å²) in [5.41, 5.74) is -0.140. The van der Waals surface area contributed by atoms with Crippen molar-refractivity contribution in [1.82, 2.24) is 4.72 Å². The Bertz CT molecular complexity index is 486. The fraction of sp³-hybridized carbons (Fsp3) is 0.917. The van der Waals surface area contributed by atoms with Gasteiger partial charge >= 0.3 is 0 Å². The average molecular weight is 290 g/mol. The van der Waals surface area contributed by atoms with Gasteiger partial charge in [0.1, 0.15) is 0 Å². The molecule has 2 rings (SSSR count). The molecular weight excluding hydrogens is 268 g/mol. The van der Waals surface area contributed by atoms with Crippen LogP contribution in [-0.4, -0.2) is 43.3 Å². The molecule has 0 spiro atoms. The molecule has 7 heteroatoms.